The van der Waals surface area contributed by atoms with Crippen LogP contribution in [0.4, 0.5) is 0 Å². The van der Waals surface area contributed by atoms with Gasteiger partial charge in [-0.15, -0.1) is 0 Å². The van der Waals surface area contributed by atoms with E-state index in [4.69, 9.17) is 9.31 Å². The maximum atomic E-state index is 6.17. The van der Waals surface area contributed by atoms with E-state index in [1.165, 1.54) is 5.56 Å². The molecule has 4 nitrogen and oxygen atoms in total. The molecule has 2 saturated heterocycles. The number of rotatable bonds is 2. The zero-order valence-electron chi connectivity index (χ0n) is 12.8. The highest BCUT2D eigenvalue weighted by Crippen LogP contribution is 2.37. The molecule has 108 valence electrons. The zero-order chi connectivity index (χ0) is 14.4. The van der Waals surface area contributed by atoms with Gasteiger partial charge in [0.05, 0.1) is 11.2 Å². The van der Waals surface area contributed by atoms with Crippen LogP contribution in [0.2, 0.25) is 0 Å². The number of nitrogens with one attached hydrogen (secondary N) is 1. The number of nitrogens with zero attached hydrogens (tertiary/aromatic N) is 1. The molecule has 2 fully saturated rings. The van der Waals surface area contributed by atoms with Gasteiger partial charge in [0.15, 0.2) is 0 Å². The highest BCUT2D eigenvalue weighted by molar-refractivity contribution is 6.62. The molecular weight excluding hydrogens is 251 g/mol. The average molecular weight is 274 g/mol. The van der Waals surface area contributed by atoms with Gasteiger partial charge in [0.1, 0.15) is 0 Å². The van der Waals surface area contributed by atoms with Crippen molar-refractivity contribution in [2.45, 2.75) is 51.2 Å². The van der Waals surface area contributed by atoms with Gasteiger partial charge in [-0.25, -0.2) is 0 Å². The summed E-state index contributed by atoms with van der Waals surface area (Å²) in [7, 11) is -0.315. The standard InChI is InChI=1S/C15H23BN2O2/c1-14(2)15(3,4)20-16(19-14)13-10-18-8-6-12(13)11-5-7-17-9-11/h6,8,10-11,17H,5,7,9H2,1-4H3/t11-/m1/s1. The summed E-state index contributed by atoms with van der Waals surface area (Å²) in [5, 5.41) is 3.42. The molecule has 0 spiro atoms. The van der Waals surface area contributed by atoms with Crippen molar-refractivity contribution in [1.82, 2.24) is 10.3 Å². The fourth-order valence-electron chi connectivity index (χ4n) is 2.88. The molecule has 5 heteroatoms. The first kappa shape index (κ1) is 14.0. The summed E-state index contributed by atoms with van der Waals surface area (Å²) >= 11 is 0. The molecule has 0 aliphatic carbocycles. The third-order valence-corrected chi connectivity index (χ3v) is 4.89. The first-order valence-corrected chi connectivity index (χ1v) is 7.41. The van der Waals surface area contributed by atoms with Crippen LogP contribution < -0.4 is 10.8 Å². The molecule has 1 aromatic heterocycles. The van der Waals surface area contributed by atoms with E-state index < -0.39 is 0 Å². The Balaban J connectivity index is 1.92. The summed E-state index contributed by atoms with van der Waals surface area (Å²) in [4.78, 5) is 4.28. The predicted octanol–water partition coefficient (Wildman–Crippen LogP) is 1.46. The molecular formula is C15H23BN2O2. The predicted molar refractivity (Wildman–Crippen MR) is 80.2 cm³/mol. The molecule has 0 radical (unpaired) electrons. The quantitative estimate of drug-likeness (QED) is 0.829. The van der Waals surface area contributed by atoms with Crippen LogP contribution in [-0.4, -0.2) is 36.4 Å². The maximum Gasteiger partial charge on any atom is 0.496 e. The Bertz CT molecular complexity index is 482. The molecule has 0 saturated carbocycles. The summed E-state index contributed by atoms with van der Waals surface area (Å²) in [5.41, 5.74) is 1.78. The summed E-state index contributed by atoms with van der Waals surface area (Å²) in [6.07, 6.45) is 4.93. The summed E-state index contributed by atoms with van der Waals surface area (Å²) in [5.74, 6) is 0.534. The van der Waals surface area contributed by atoms with Gasteiger partial charge in [-0.05, 0) is 58.2 Å². The van der Waals surface area contributed by atoms with E-state index in [1.807, 2.05) is 12.4 Å². The molecule has 0 aromatic carbocycles. The fourth-order valence-corrected chi connectivity index (χ4v) is 2.88. The van der Waals surface area contributed by atoms with Crippen molar-refractivity contribution in [3.63, 3.8) is 0 Å². The van der Waals surface area contributed by atoms with Crippen LogP contribution in [0.25, 0.3) is 0 Å². The van der Waals surface area contributed by atoms with Crippen molar-refractivity contribution >= 4 is 12.6 Å². The Morgan fingerprint density at radius 2 is 1.95 bits per heavy atom. The van der Waals surface area contributed by atoms with Crippen molar-refractivity contribution in [1.29, 1.82) is 0 Å². The minimum atomic E-state index is -0.315. The largest absolute Gasteiger partial charge is 0.496 e. The number of aromatic nitrogens is 1. The molecule has 2 aliphatic rings. The van der Waals surface area contributed by atoms with Crippen LogP contribution in [0, 0.1) is 0 Å². The van der Waals surface area contributed by atoms with Gasteiger partial charge in [-0.1, -0.05) is 0 Å². The lowest BCUT2D eigenvalue weighted by Gasteiger charge is -2.32. The second-order valence-electron chi connectivity index (χ2n) is 6.78. The summed E-state index contributed by atoms with van der Waals surface area (Å²) in [6, 6.07) is 2.11. The fraction of sp³-hybridized carbons (Fsp3) is 0.667. The third kappa shape index (κ3) is 2.28. The first-order valence-electron chi connectivity index (χ1n) is 7.41. The molecule has 0 amide bonds. The van der Waals surface area contributed by atoms with E-state index in [0.29, 0.717) is 5.92 Å². The second-order valence-corrected chi connectivity index (χ2v) is 6.78. The topological polar surface area (TPSA) is 43.4 Å². The Morgan fingerprint density at radius 1 is 1.25 bits per heavy atom. The second kappa shape index (κ2) is 4.83. The van der Waals surface area contributed by atoms with Crippen molar-refractivity contribution in [3.8, 4) is 0 Å². The number of hydrogen-bond acceptors (Lipinski definition) is 4. The molecule has 0 bridgehead atoms. The summed E-state index contributed by atoms with van der Waals surface area (Å²) in [6.45, 7) is 10.4. The van der Waals surface area contributed by atoms with Crippen molar-refractivity contribution < 1.29 is 9.31 Å². The molecule has 1 aromatic rings. The first-order chi connectivity index (χ1) is 9.41. The van der Waals surface area contributed by atoms with Crippen molar-refractivity contribution in [2.24, 2.45) is 0 Å². The molecule has 3 rings (SSSR count). The number of pyridine rings is 1. The van der Waals surface area contributed by atoms with Gasteiger partial charge < -0.3 is 14.6 Å². The zero-order valence-corrected chi connectivity index (χ0v) is 12.8. The van der Waals surface area contributed by atoms with Crippen LogP contribution in [0.15, 0.2) is 18.5 Å². The third-order valence-electron chi connectivity index (χ3n) is 4.89. The number of hydrogen-bond donors (Lipinski definition) is 1. The van der Waals surface area contributed by atoms with Gasteiger partial charge in [-0.2, -0.15) is 0 Å². The lowest BCUT2D eigenvalue weighted by molar-refractivity contribution is 0.00578. The Labute approximate surface area is 121 Å². The molecule has 1 atom stereocenters. The van der Waals surface area contributed by atoms with Gasteiger partial charge in [0.2, 0.25) is 0 Å². The van der Waals surface area contributed by atoms with Crippen molar-refractivity contribution in [2.75, 3.05) is 13.1 Å². The minimum absolute atomic E-state index is 0.307. The lowest BCUT2D eigenvalue weighted by Crippen LogP contribution is -2.41. The molecule has 1 N–H and O–H groups in total. The molecule has 3 heterocycles. The molecule has 0 unspecified atom stereocenters. The van der Waals surface area contributed by atoms with E-state index in [-0.39, 0.29) is 18.3 Å². The normalized spacial score (nSPS) is 28.0. The van der Waals surface area contributed by atoms with Crippen LogP contribution in [0.3, 0.4) is 0 Å². The van der Waals surface area contributed by atoms with E-state index in [0.717, 1.165) is 25.0 Å². The average Bonchev–Trinajstić information content (AvgIpc) is 2.97. The Hall–Kier alpha value is -0.905. The maximum absolute atomic E-state index is 6.17. The lowest BCUT2D eigenvalue weighted by atomic mass is 9.74. The molecule has 20 heavy (non-hydrogen) atoms. The summed E-state index contributed by atoms with van der Waals surface area (Å²) < 4.78 is 12.3. The monoisotopic (exact) mass is 274 g/mol. The van der Waals surface area contributed by atoms with Crippen LogP contribution in [0.5, 0.6) is 0 Å². The van der Waals surface area contributed by atoms with Crippen LogP contribution >= 0.6 is 0 Å². The SMILES string of the molecule is CC1(C)OB(c2cnccc2[C@@H]2CCNC2)OC1(C)C. The smallest absolute Gasteiger partial charge is 0.399 e. The van der Waals surface area contributed by atoms with E-state index >= 15 is 0 Å². The Morgan fingerprint density at radius 3 is 2.55 bits per heavy atom. The van der Waals surface area contributed by atoms with Gasteiger partial charge >= 0.3 is 7.12 Å². The highest BCUT2D eigenvalue weighted by Gasteiger charge is 2.52. The van der Waals surface area contributed by atoms with Gasteiger partial charge in [0.25, 0.3) is 0 Å². The Kier molecular flexibility index (Phi) is 3.39. The van der Waals surface area contributed by atoms with Crippen molar-refractivity contribution in [3.05, 3.63) is 24.0 Å². The van der Waals surface area contributed by atoms with E-state index in [2.05, 4.69) is 44.1 Å². The van der Waals surface area contributed by atoms with Crippen LogP contribution in [-0.2, 0) is 9.31 Å². The molecule has 2 aliphatic heterocycles. The van der Waals surface area contributed by atoms with Crippen LogP contribution in [0.1, 0.15) is 45.6 Å². The van der Waals surface area contributed by atoms with Gasteiger partial charge in [-0.3, -0.25) is 4.98 Å². The van der Waals surface area contributed by atoms with Gasteiger partial charge in [0, 0.05) is 24.4 Å². The highest BCUT2D eigenvalue weighted by atomic mass is 16.7. The van der Waals surface area contributed by atoms with E-state index in [1.54, 1.807) is 0 Å². The van der Waals surface area contributed by atoms with E-state index in [9.17, 15) is 0 Å². The minimum Gasteiger partial charge on any atom is -0.399 e.